The van der Waals surface area contributed by atoms with Gasteiger partial charge in [-0.3, -0.25) is 14.7 Å². The van der Waals surface area contributed by atoms with Gasteiger partial charge in [0.15, 0.2) is 0 Å². The van der Waals surface area contributed by atoms with Crippen LogP contribution in [0.2, 0.25) is 0 Å². The third-order valence-corrected chi connectivity index (χ3v) is 2.41. The number of carboxylic acids is 1. The lowest BCUT2D eigenvalue weighted by molar-refractivity contribution is -0.137. The van der Waals surface area contributed by atoms with Gasteiger partial charge in [0.25, 0.3) is 0 Å². The number of hydrogen-bond donors (Lipinski definition) is 1. The zero-order valence-corrected chi connectivity index (χ0v) is 10.5. The van der Waals surface area contributed by atoms with Crippen LogP contribution < -0.4 is 4.90 Å². The minimum absolute atomic E-state index is 0.294. The van der Waals surface area contributed by atoms with Gasteiger partial charge in [-0.2, -0.15) is 0 Å². The standard InChI is InChI=1S/C12H17N3O3/c1-3-7-15(9-11(16)17)12(18)14(2)10-5-4-6-13-8-10/h4-6,8H,3,7,9H2,1-2H3,(H,16,17). The summed E-state index contributed by atoms with van der Waals surface area (Å²) in [5.74, 6) is -1.02. The first-order chi connectivity index (χ1) is 8.56. The Morgan fingerprint density at radius 1 is 1.44 bits per heavy atom. The van der Waals surface area contributed by atoms with E-state index in [0.29, 0.717) is 18.7 Å². The molecule has 6 nitrogen and oxygen atoms in total. The molecule has 2 amide bonds. The first kappa shape index (κ1) is 14.0. The van der Waals surface area contributed by atoms with Crippen molar-refractivity contribution in [1.82, 2.24) is 9.88 Å². The molecule has 0 fully saturated rings. The van der Waals surface area contributed by atoms with Crippen LogP contribution in [0.5, 0.6) is 0 Å². The number of aliphatic carboxylic acids is 1. The number of amides is 2. The summed E-state index contributed by atoms with van der Waals surface area (Å²) in [6, 6.07) is 3.13. The van der Waals surface area contributed by atoms with Crippen LogP contribution in [0.15, 0.2) is 24.5 Å². The lowest BCUT2D eigenvalue weighted by Crippen LogP contribution is -2.44. The smallest absolute Gasteiger partial charge is 0.324 e. The maximum Gasteiger partial charge on any atom is 0.324 e. The van der Waals surface area contributed by atoms with Gasteiger partial charge in [-0.25, -0.2) is 4.79 Å². The van der Waals surface area contributed by atoms with E-state index in [2.05, 4.69) is 4.98 Å². The number of rotatable bonds is 5. The van der Waals surface area contributed by atoms with Gasteiger partial charge in [0.1, 0.15) is 6.54 Å². The lowest BCUT2D eigenvalue weighted by atomic mass is 10.3. The molecule has 0 saturated carbocycles. The highest BCUT2D eigenvalue weighted by atomic mass is 16.4. The van der Waals surface area contributed by atoms with Crippen LogP contribution in [0, 0.1) is 0 Å². The monoisotopic (exact) mass is 251 g/mol. The largest absolute Gasteiger partial charge is 0.480 e. The molecule has 0 unspecified atom stereocenters. The van der Waals surface area contributed by atoms with Gasteiger partial charge in [0.05, 0.1) is 11.9 Å². The quantitative estimate of drug-likeness (QED) is 0.859. The molecule has 0 saturated heterocycles. The number of hydrogen-bond acceptors (Lipinski definition) is 3. The summed E-state index contributed by atoms with van der Waals surface area (Å²) in [5.41, 5.74) is 0.633. The van der Waals surface area contributed by atoms with Crippen molar-refractivity contribution in [2.45, 2.75) is 13.3 Å². The van der Waals surface area contributed by atoms with Crippen molar-refractivity contribution < 1.29 is 14.7 Å². The molecule has 1 aromatic rings. The molecule has 6 heteroatoms. The van der Waals surface area contributed by atoms with Gasteiger partial charge in [-0.1, -0.05) is 6.92 Å². The Bertz CT molecular complexity index is 408. The third kappa shape index (κ3) is 3.73. The van der Waals surface area contributed by atoms with Crippen LogP contribution >= 0.6 is 0 Å². The number of nitrogens with zero attached hydrogens (tertiary/aromatic N) is 3. The van der Waals surface area contributed by atoms with Crippen LogP contribution in [-0.4, -0.2) is 47.1 Å². The minimum Gasteiger partial charge on any atom is -0.480 e. The van der Waals surface area contributed by atoms with Crippen molar-refractivity contribution in [3.8, 4) is 0 Å². The summed E-state index contributed by atoms with van der Waals surface area (Å²) in [4.78, 5) is 29.5. The average molecular weight is 251 g/mol. The molecule has 0 aromatic carbocycles. The maximum atomic E-state index is 12.1. The minimum atomic E-state index is -1.02. The SMILES string of the molecule is CCCN(CC(=O)O)C(=O)N(C)c1cccnc1. The summed E-state index contributed by atoms with van der Waals surface area (Å²) in [5, 5.41) is 8.79. The van der Waals surface area contributed by atoms with Gasteiger partial charge in [-0.05, 0) is 18.6 Å². The summed E-state index contributed by atoms with van der Waals surface area (Å²) < 4.78 is 0. The predicted octanol–water partition coefficient (Wildman–Crippen LogP) is 1.43. The Kier molecular flexibility index (Phi) is 5.10. The van der Waals surface area contributed by atoms with E-state index in [1.165, 1.54) is 9.80 Å². The number of pyridine rings is 1. The molecule has 98 valence electrons. The van der Waals surface area contributed by atoms with E-state index in [0.717, 1.165) is 0 Å². The summed E-state index contributed by atoms with van der Waals surface area (Å²) in [7, 11) is 1.60. The first-order valence-corrected chi connectivity index (χ1v) is 5.70. The molecule has 0 aliphatic rings. The molecule has 1 heterocycles. The van der Waals surface area contributed by atoms with Gasteiger partial charge >= 0.3 is 12.0 Å². The first-order valence-electron chi connectivity index (χ1n) is 5.70. The van der Waals surface area contributed by atoms with E-state index in [9.17, 15) is 9.59 Å². The van der Waals surface area contributed by atoms with Crippen LogP contribution in [-0.2, 0) is 4.79 Å². The Balaban J connectivity index is 2.79. The lowest BCUT2D eigenvalue weighted by Gasteiger charge is -2.26. The van der Waals surface area contributed by atoms with Gasteiger partial charge in [0.2, 0.25) is 0 Å². The molecule has 1 aromatic heterocycles. The zero-order chi connectivity index (χ0) is 13.5. The summed E-state index contributed by atoms with van der Waals surface area (Å²) in [6.07, 6.45) is 3.88. The second-order valence-electron chi connectivity index (χ2n) is 3.87. The molecule has 0 aliphatic carbocycles. The number of aromatic nitrogens is 1. The number of carboxylic acid groups (broad SMARTS) is 1. The number of carbonyl (C=O) groups is 2. The van der Waals surface area contributed by atoms with Crippen molar-refractivity contribution >= 4 is 17.7 Å². The zero-order valence-electron chi connectivity index (χ0n) is 10.5. The van der Waals surface area contributed by atoms with E-state index in [4.69, 9.17) is 5.11 Å². The molecule has 0 spiro atoms. The van der Waals surface area contributed by atoms with E-state index in [1.54, 1.807) is 31.6 Å². The average Bonchev–Trinajstić information content (AvgIpc) is 2.37. The Hall–Kier alpha value is -2.11. The fourth-order valence-corrected chi connectivity index (χ4v) is 1.55. The fraction of sp³-hybridized carbons (Fsp3) is 0.417. The van der Waals surface area contributed by atoms with E-state index in [-0.39, 0.29) is 12.6 Å². The highest BCUT2D eigenvalue weighted by molar-refractivity contribution is 5.92. The van der Waals surface area contributed by atoms with Crippen molar-refractivity contribution in [2.24, 2.45) is 0 Å². The van der Waals surface area contributed by atoms with Gasteiger partial charge < -0.3 is 10.0 Å². The molecule has 18 heavy (non-hydrogen) atoms. The molecule has 0 bridgehead atoms. The van der Waals surface area contributed by atoms with Crippen molar-refractivity contribution in [1.29, 1.82) is 0 Å². The number of carbonyl (C=O) groups excluding carboxylic acids is 1. The molecule has 0 radical (unpaired) electrons. The molecule has 1 N–H and O–H groups in total. The maximum absolute atomic E-state index is 12.1. The molecular weight excluding hydrogens is 234 g/mol. The van der Waals surface area contributed by atoms with Gasteiger partial charge in [0, 0.05) is 19.8 Å². The second kappa shape index (κ2) is 6.58. The third-order valence-electron chi connectivity index (χ3n) is 2.41. The molecular formula is C12H17N3O3. The van der Waals surface area contributed by atoms with Crippen LogP contribution in [0.4, 0.5) is 10.5 Å². The Morgan fingerprint density at radius 3 is 2.67 bits per heavy atom. The highest BCUT2D eigenvalue weighted by Crippen LogP contribution is 2.12. The van der Waals surface area contributed by atoms with Crippen molar-refractivity contribution in [3.05, 3.63) is 24.5 Å². The van der Waals surface area contributed by atoms with E-state index in [1.807, 2.05) is 6.92 Å². The number of anilines is 1. The molecule has 1 rings (SSSR count). The normalized spacial score (nSPS) is 9.89. The summed E-state index contributed by atoms with van der Waals surface area (Å²) in [6.45, 7) is 2.01. The van der Waals surface area contributed by atoms with Crippen molar-refractivity contribution in [2.75, 3.05) is 25.0 Å². The van der Waals surface area contributed by atoms with Crippen molar-refractivity contribution in [3.63, 3.8) is 0 Å². The van der Waals surface area contributed by atoms with E-state index >= 15 is 0 Å². The Labute approximate surface area is 106 Å². The predicted molar refractivity (Wildman–Crippen MR) is 67.5 cm³/mol. The van der Waals surface area contributed by atoms with Crippen LogP contribution in [0.25, 0.3) is 0 Å². The summed E-state index contributed by atoms with van der Waals surface area (Å²) >= 11 is 0. The molecule has 0 aliphatic heterocycles. The van der Waals surface area contributed by atoms with Crippen LogP contribution in [0.1, 0.15) is 13.3 Å². The molecule has 0 atom stereocenters. The Morgan fingerprint density at radius 2 is 2.17 bits per heavy atom. The van der Waals surface area contributed by atoms with Gasteiger partial charge in [-0.15, -0.1) is 0 Å². The topological polar surface area (TPSA) is 73.7 Å². The van der Waals surface area contributed by atoms with E-state index < -0.39 is 5.97 Å². The van der Waals surface area contributed by atoms with Crippen LogP contribution in [0.3, 0.4) is 0 Å². The number of urea groups is 1. The highest BCUT2D eigenvalue weighted by Gasteiger charge is 2.20. The second-order valence-corrected chi connectivity index (χ2v) is 3.87. The fourth-order valence-electron chi connectivity index (χ4n) is 1.55.